The second-order valence-electron chi connectivity index (χ2n) is 3.82. The number of ether oxygens (including phenoxy) is 1. The van der Waals surface area contributed by atoms with E-state index in [1.165, 1.54) is 0 Å². The largest absolute Gasteiger partial charge is 0.375 e. The SMILES string of the molecule is CNC(C)(C)c1csc(C(C)OC)n1. The summed E-state index contributed by atoms with van der Waals surface area (Å²) in [6.45, 7) is 6.24. The molecule has 1 aromatic rings. The highest BCUT2D eigenvalue weighted by atomic mass is 32.1. The highest BCUT2D eigenvalue weighted by molar-refractivity contribution is 7.09. The maximum absolute atomic E-state index is 5.22. The fraction of sp³-hybridized carbons (Fsp3) is 0.700. The lowest BCUT2D eigenvalue weighted by Gasteiger charge is -2.21. The third kappa shape index (κ3) is 2.32. The lowest BCUT2D eigenvalue weighted by molar-refractivity contribution is 0.119. The molecule has 1 heterocycles. The van der Waals surface area contributed by atoms with Gasteiger partial charge < -0.3 is 10.1 Å². The summed E-state index contributed by atoms with van der Waals surface area (Å²) < 4.78 is 5.22. The van der Waals surface area contributed by atoms with E-state index in [9.17, 15) is 0 Å². The molecular weight excluding hydrogens is 196 g/mol. The van der Waals surface area contributed by atoms with Gasteiger partial charge >= 0.3 is 0 Å². The minimum absolute atomic E-state index is 0.0673. The summed E-state index contributed by atoms with van der Waals surface area (Å²) in [7, 11) is 3.65. The Morgan fingerprint density at radius 2 is 2.21 bits per heavy atom. The number of methoxy groups -OCH3 is 1. The van der Waals surface area contributed by atoms with Gasteiger partial charge in [-0.1, -0.05) is 0 Å². The summed E-state index contributed by atoms with van der Waals surface area (Å²) in [5, 5.41) is 6.35. The van der Waals surface area contributed by atoms with Crippen molar-refractivity contribution in [3.05, 3.63) is 16.1 Å². The molecule has 80 valence electrons. The molecule has 1 N–H and O–H groups in total. The number of rotatable bonds is 4. The van der Waals surface area contributed by atoms with Gasteiger partial charge in [-0.05, 0) is 27.8 Å². The van der Waals surface area contributed by atoms with Crippen LogP contribution in [0.25, 0.3) is 0 Å². The molecule has 0 bridgehead atoms. The van der Waals surface area contributed by atoms with E-state index in [2.05, 4.69) is 29.5 Å². The molecule has 0 saturated carbocycles. The zero-order valence-corrected chi connectivity index (χ0v) is 10.2. The second kappa shape index (κ2) is 4.38. The molecular formula is C10H18N2OS. The second-order valence-corrected chi connectivity index (χ2v) is 4.71. The van der Waals surface area contributed by atoms with E-state index in [1.807, 2.05) is 14.0 Å². The van der Waals surface area contributed by atoms with Gasteiger partial charge in [0.1, 0.15) is 11.1 Å². The van der Waals surface area contributed by atoms with Crippen molar-refractivity contribution in [1.29, 1.82) is 0 Å². The molecule has 0 aromatic carbocycles. The van der Waals surface area contributed by atoms with Crippen molar-refractivity contribution in [2.45, 2.75) is 32.4 Å². The minimum Gasteiger partial charge on any atom is -0.375 e. The van der Waals surface area contributed by atoms with Gasteiger partial charge in [0.05, 0.1) is 11.2 Å². The van der Waals surface area contributed by atoms with Crippen LogP contribution in [-0.2, 0) is 10.3 Å². The van der Waals surface area contributed by atoms with Crippen molar-refractivity contribution >= 4 is 11.3 Å². The molecule has 3 nitrogen and oxygen atoms in total. The molecule has 0 aliphatic heterocycles. The third-order valence-corrected chi connectivity index (χ3v) is 3.49. The van der Waals surface area contributed by atoms with Crippen LogP contribution in [-0.4, -0.2) is 19.1 Å². The van der Waals surface area contributed by atoms with Crippen LogP contribution in [0.2, 0.25) is 0 Å². The first-order chi connectivity index (χ1) is 6.51. The van der Waals surface area contributed by atoms with Crippen LogP contribution >= 0.6 is 11.3 Å². The third-order valence-electron chi connectivity index (χ3n) is 2.49. The Balaban J connectivity index is 2.88. The van der Waals surface area contributed by atoms with Gasteiger partial charge in [-0.2, -0.15) is 0 Å². The Morgan fingerprint density at radius 1 is 1.57 bits per heavy atom. The Hall–Kier alpha value is -0.450. The minimum atomic E-state index is -0.0673. The van der Waals surface area contributed by atoms with Crippen LogP contribution in [0.3, 0.4) is 0 Å². The predicted molar refractivity (Wildman–Crippen MR) is 59.6 cm³/mol. The highest BCUT2D eigenvalue weighted by Crippen LogP contribution is 2.26. The van der Waals surface area contributed by atoms with E-state index < -0.39 is 0 Å². The molecule has 1 unspecified atom stereocenters. The van der Waals surface area contributed by atoms with Crippen LogP contribution in [0.5, 0.6) is 0 Å². The van der Waals surface area contributed by atoms with Crippen LogP contribution in [0.15, 0.2) is 5.38 Å². The number of nitrogens with one attached hydrogen (secondary N) is 1. The van der Waals surface area contributed by atoms with Crippen molar-refractivity contribution in [3.8, 4) is 0 Å². The fourth-order valence-electron chi connectivity index (χ4n) is 0.990. The van der Waals surface area contributed by atoms with Crippen LogP contribution in [0.1, 0.15) is 37.6 Å². The fourth-order valence-corrected chi connectivity index (χ4v) is 2.01. The Kier molecular flexibility index (Phi) is 3.64. The molecule has 0 spiro atoms. The molecule has 1 rings (SSSR count). The molecule has 4 heteroatoms. The maximum atomic E-state index is 5.22. The van der Waals surface area contributed by atoms with Crippen molar-refractivity contribution in [3.63, 3.8) is 0 Å². The molecule has 0 aliphatic rings. The number of hydrogen-bond donors (Lipinski definition) is 1. The number of aromatic nitrogens is 1. The molecule has 0 fully saturated rings. The quantitative estimate of drug-likeness (QED) is 0.835. The van der Waals surface area contributed by atoms with Gasteiger partial charge in [0, 0.05) is 12.5 Å². The predicted octanol–water partition coefficient (Wildman–Crippen LogP) is 2.31. The van der Waals surface area contributed by atoms with E-state index in [0.29, 0.717) is 0 Å². The Morgan fingerprint density at radius 3 is 2.71 bits per heavy atom. The molecule has 1 atom stereocenters. The number of thiazole rings is 1. The Bertz CT molecular complexity index is 296. The van der Waals surface area contributed by atoms with Gasteiger partial charge in [0.2, 0.25) is 0 Å². The first kappa shape index (κ1) is 11.6. The van der Waals surface area contributed by atoms with Crippen LogP contribution < -0.4 is 5.32 Å². The number of nitrogens with zero attached hydrogens (tertiary/aromatic N) is 1. The average Bonchev–Trinajstić information content (AvgIpc) is 2.66. The lowest BCUT2D eigenvalue weighted by Crippen LogP contribution is -2.33. The Labute approximate surface area is 89.5 Å². The summed E-state index contributed by atoms with van der Waals surface area (Å²) in [6.07, 6.45) is 0.0846. The summed E-state index contributed by atoms with van der Waals surface area (Å²) >= 11 is 1.65. The summed E-state index contributed by atoms with van der Waals surface area (Å²) in [5.41, 5.74) is 1.01. The highest BCUT2D eigenvalue weighted by Gasteiger charge is 2.22. The van der Waals surface area contributed by atoms with E-state index >= 15 is 0 Å². The van der Waals surface area contributed by atoms with Crippen molar-refractivity contribution in [1.82, 2.24) is 10.3 Å². The standard InChI is InChI=1S/C10H18N2OS/c1-7(13-5)9-12-8(6-14-9)10(2,3)11-4/h6-7,11H,1-5H3. The summed E-state index contributed by atoms with van der Waals surface area (Å²) in [4.78, 5) is 4.55. The number of hydrogen-bond acceptors (Lipinski definition) is 4. The molecule has 0 radical (unpaired) electrons. The zero-order valence-electron chi connectivity index (χ0n) is 9.42. The molecule has 0 saturated heterocycles. The molecule has 0 amide bonds. The van der Waals surface area contributed by atoms with Crippen LogP contribution in [0.4, 0.5) is 0 Å². The van der Waals surface area contributed by atoms with E-state index in [1.54, 1.807) is 18.4 Å². The monoisotopic (exact) mass is 214 g/mol. The van der Waals surface area contributed by atoms with Crippen LogP contribution in [0, 0.1) is 0 Å². The molecule has 14 heavy (non-hydrogen) atoms. The van der Waals surface area contributed by atoms with Gasteiger partial charge in [-0.3, -0.25) is 0 Å². The topological polar surface area (TPSA) is 34.1 Å². The molecule has 1 aromatic heterocycles. The van der Waals surface area contributed by atoms with Crippen molar-refractivity contribution in [2.75, 3.05) is 14.2 Å². The molecule has 0 aliphatic carbocycles. The van der Waals surface area contributed by atoms with Gasteiger partial charge in [-0.15, -0.1) is 11.3 Å². The van der Waals surface area contributed by atoms with Crippen molar-refractivity contribution in [2.24, 2.45) is 0 Å². The average molecular weight is 214 g/mol. The maximum Gasteiger partial charge on any atom is 0.122 e. The zero-order chi connectivity index (χ0) is 10.8. The van der Waals surface area contributed by atoms with Gasteiger partial charge in [0.15, 0.2) is 0 Å². The normalized spacial score (nSPS) is 14.4. The smallest absolute Gasteiger partial charge is 0.122 e. The van der Waals surface area contributed by atoms with E-state index in [4.69, 9.17) is 4.74 Å². The first-order valence-corrected chi connectivity index (χ1v) is 5.57. The summed E-state index contributed by atoms with van der Waals surface area (Å²) in [5.74, 6) is 0. The first-order valence-electron chi connectivity index (χ1n) is 4.69. The van der Waals surface area contributed by atoms with Gasteiger partial charge in [0.25, 0.3) is 0 Å². The van der Waals surface area contributed by atoms with E-state index in [0.717, 1.165) is 10.7 Å². The van der Waals surface area contributed by atoms with Crippen molar-refractivity contribution < 1.29 is 4.74 Å². The van der Waals surface area contributed by atoms with E-state index in [-0.39, 0.29) is 11.6 Å². The lowest BCUT2D eigenvalue weighted by atomic mass is 10.0. The summed E-state index contributed by atoms with van der Waals surface area (Å²) in [6, 6.07) is 0. The van der Waals surface area contributed by atoms with Gasteiger partial charge in [-0.25, -0.2) is 4.98 Å².